The van der Waals surface area contributed by atoms with E-state index in [9.17, 15) is 15.2 Å². The number of nitrogens with zero attached hydrogens (tertiary/aromatic N) is 4. The molecule has 1 atom stereocenters. The van der Waals surface area contributed by atoms with Crippen molar-refractivity contribution in [3.05, 3.63) is 59.3 Å². The minimum absolute atomic E-state index is 0.00353. The summed E-state index contributed by atoms with van der Waals surface area (Å²) < 4.78 is 18.5. The molecule has 3 aromatic rings. The molecule has 0 bridgehead atoms. The zero-order valence-corrected chi connectivity index (χ0v) is 30.6. The summed E-state index contributed by atoms with van der Waals surface area (Å²) in [5, 5.41) is 23.4. The Hall–Kier alpha value is -3.98. The zero-order chi connectivity index (χ0) is 34.9. The number of aliphatic hydroxyl groups excluding tert-OH is 1. The summed E-state index contributed by atoms with van der Waals surface area (Å²) in [6, 6.07) is 13.3. The Bertz CT molecular complexity index is 1670. The van der Waals surface area contributed by atoms with Gasteiger partial charge in [0.15, 0.2) is 8.32 Å². The Labute approximate surface area is 280 Å². The van der Waals surface area contributed by atoms with Crippen LogP contribution in [0, 0.1) is 11.3 Å². The number of hydrogen-bond donors (Lipinski definition) is 2. The number of amides is 1. The average Bonchev–Trinajstić information content (AvgIpc) is 3.28. The van der Waals surface area contributed by atoms with Gasteiger partial charge in [-0.3, -0.25) is 4.90 Å². The summed E-state index contributed by atoms with van der Waals surface area (Å²) in [4.78, 5) is 24.4. The molecule has 0 saturated carbocycles. The Balaban J connectivity index is 1.80. The van der Waals surface area contributed by atoms with Crippen LogP contribution < -0.4 is 15.0 Å². The molecule has 0 radical (unpaired) electrons. The molecular weight excluding hydrogens is 611 g/mol. The molecule has 47 heavy (non-hydrogen) atoms. The number of aromatic nitrogens is 2. The molecule has 0 saturated heterocycles. The van der Waals surface area contributed by atoms with E-state index in [-0.39, 0.29) is 17.7 Å². The summed E-state index contributed by atoms with van der Waals surface area (Å²) in [6.07, 6.45) is 1.08. The first-order valence-corrected chi connectivity index (χ1v) is 18.9. The highest BCUT2D eigenvalue weighted by Gasteiger charge is 2.47. The second kappa shape index (κ2) is 13.3. The van der Waals surface area contributed by atoms with Gasteiger partial charge in [0.2, 0.25) is 5.95 Å². The number of carbonyl (C=O) groups excluding carboxylic acids is 1. The summed E-state index contributed by atoms with van der Waals surface area (Å²) in [5.41, 5.74) is 3.02. The predicted molar refractivity (Wildman–Crippen MR) is 188 cm³/mol. The second-order valence-electron chi connectivity index (χ2n) is 15.3. The molecule has 0 aliphatic carbocycles. The number of rotatable bonds is 9. The number of hydrogen-bond acceptors (Lipinski definition) is 9. The molecule has 1 aliphatic heterocycles. The quantitative estimate of drug-likeness (QED) is 0.219. The van der Waals surface area contributed by atoms with E-state index in [1.54, 1.807) is 41.4 Å². The molecule has 1 amide bonds. The van der Waals surface area contributed by atoms with E-state index in [4.69, 9.17) is 18.9 Å². The van der Waals surface area contributed by atoms with E-state index in [1.165, 1.54) is 0 Å². The molecular formula is C36H49N5O5Si. The monoisotopic (exact) mass is 659 g/mol. The van der Waals surface area contributed by atoms with Crippen LogP contribution in [-0.2, 0) is 21.2 Å². The Morgan fingerprint density at radius 2 is 1.85 bits per heavy atom. The normalized spacial score (nSPS) is 16.6. The maximum atomic E-state index is 13.6. The summed E-state index contributed by atoms with van der Waals surface area (Å²) >= 11 is 0. The first-order chi connectivity index (χ1) is 21.8. The van der Waals surface area contributed by atoms with Gasteiger partial charge in [0.05, 0.1) is 35.3 Å². The van der Waals surface area contributed by atoms with Crippen molar-refractivity contribution in [3.63, 3.8) is 0 Å². The van der Waals surface area contributed by atoms with Crippen molar-refractivity contribution in [2.24, 2.45) is 0 Å². The standard InChI is InChI=1S/C36H49N5O5Si/c1-23(2)45-30-13-12-24(20-42)16-29(30)40-32-38-15-14-28(39-32)25-17-26(19-37)31-27(18-25)36(9,22-44-47(10,11)35(6,7)8)21-41(31)33(43)46-34(3,4)5/h12-18,23,42H,20-22H2,1-11H3,(H,38,39,40)/t36-/m1/s1. The van der Waals surface area contributed by atoms with Crippen LogP contribution in [0.1, 0.15) is 79.0 Å². The lowest BCUT2D eigenvalue weighted by atomic mass is 9.83. The van der Waals surface area contributed by atoms with Gasteiger partial charge in [-0.25, -0.2) is 14.8 Å². The van der Waals surface area contributed by atoms with Gasteiger partial charge in [0.1, 0.15) is 17.4 Å². The molecule has 0 fully saturated rings. The summed E-state index contributed by atoms with van der Waals surface area (Å²) in [6.45, 7) is 23.0. The molecule has 4 rings (SSSR count). The van der Waals surface area contributed by atoms with E-state index in [0.29, 0.717) is 58.6 Å². The van der Waals surface area contributed by atoms with Crippen LogP contribution >= 0.6 is 0 Å². The van der Waals surface area contributed by atoms with Gasteiger partial charge in [0, 0.05) is 30.3 Å². The molecule has 0 spiro atoms. The van der Waals surface area contributed by atoms with Gasteiger partial charge in [-0.1, -0.05) is 33.8 Å². The van der Waals surface area contributed by atoms with E-state index in [1.807, 2.05) is 40.7 Å². The van der Waals surface area contributed by atoms with Crippen LogP contribution in [0.15, 0.2) is 42.6 Å². The number of ether oxygens (including phenoxy) is 2. The van der Waals surface area contributed by atoms with Crippen molar-refractivity contribution in [1.82, 2.24) is 9.97 Å². The van der Waals surface area contributed by atoms with Gasteiger partial charge >= 0.3 is 6.09 Å². The van der Waals surface area contributed by atoms with Gasteiger partial charge in [-0.15, -0.1) is 0 Å². The lowest BCUT2D eigenvalue weighted by Crippen LogP contribution is -2.46. The minimum atomic E-state index is -2.15. The molecule has 2 heterocycles. The predicted octanol–water partition coefficient (Wildman–Crippen LogP) is 8.07. The number of aliphatic hydroxyl groups is 1. The fourth-order valence-corrected chi connectivity index (χ4v) is 6.23. The number of fused-ring (bicyclic) bond motifs is 1. The topological polar surface area (TPSA) is 130 Å². The third kappa shape index (κ3) is 8.12. The summed E-state index contributed by atoms with van der Waals surface area (Å²) in [7, 11) is -2.15. The molecule has 10 nitrogen and oxygen atoms in total. The first kappa shape index (κ1) is 35.9. The van der Waals surface area contributed by atoms with Crippen molar-refractivity contribution in [1.29, 1.82) is 5.26 Å². The zero-order valence-electron chi connectivity index (χ0n) is 29.6. The molecule has 252 valence electrons. The van der Waals surface area contributed by atoms with Crippen molar-refractivity contribution in [2.75, 3.05) is 23.4 Å². The highest BCUT2D eigenvalue weighted by molar-refractivity contribution is 6.74. The van der Waals surface area contributed by atoms with Crippen molar-refractivity contribution in [3.8, 4) is 23.1 Å². The molecule has 1 aromatic heterocycles. The average molecular weight is 660 g/mol. The smallest absolute Gasteiger partial charge is 0.414 e. The van der Waals surface area contributed by atoms with Crippen LogP contribution in [-0.4, -0.2) is 54.3 Å². The lowest BCUT2D eigenvalue weighted by molar-refractivity contribution is 0.0575. The highest BCUT2D eigenvalue weighted by Crippen LogP contribution is 2.47. The fraction of sp³-hybridized carbons (Fsp3) is 0.500. The Morgan fingerprint density at radius 3 is 2.45 bits per heavy atom. The number of anilines is 3. The maximum Gasteiger partial charge on any atom is 0.414 e. The van der Waals surface area contributed by atoms with Crippen LogP contribution in [0.3, 0.4) is 0 Å². The van der Waals surface area contributed by atoms with E-state index in [0.717, 1.165) is 5.56 Å². The minimum Gasteiger partial charge on any atom is -0.489 e. The largest absolute Gasteiger partial charge is 0.489 e. The molecule has 11 heteroatoms. The lowest BCUT2D eigenvalue weighted by Gasteiger charge is -2.39. The van der Waals surface area contributed by atoms with Gasteiger partial charge in [-0.2, -0.15) is 5.26 Å². The Kier molecular flexibility index (Phi) is 10.1. The van der Waals surface area contributed by atoms with Crippen molar-refractivity contribution >= 4 is 31.7 Å². The van der Waals surface area contributed by atoms with Gasteiger partial charge < -0.3 is 24.3 Å². The molecule has 2 N–H and O–H groups in total. The number of benzene rings is 2. The van der Waals surface area contributed by atoms with E-state index < -0.39 is 25.4 Å². The number of nitriles is 1. The molecule has 1 aliphatic rings. The third-order valence-electron chi connectivity index (χ3n) is 8.62. The highest BCUT2D eigenvalue weighted by atomic mass is 28.4. The van der Waals surface area contributed by atoms with E-state index >= 15 is 0 Å². The Morgan fingerprint density at radius 1 is 1.15 bits per heavy atom. The first-order valence-electron chi connectivity index (χ1n) is 16.0. The second-order valence-corrected chi connectivity index (χ2v) is 20.1. The van der Waals surface area contributed by atoms with Crippen molar-refractivity contribution < 1.29 is 23.8 Å². The number of nitrogens with one attached hydrogen (secondary N) is 1. The van der Waals surface area contributed by atoms with Gasteiger partial charge in [0.25, 0.3) is 0 Å². The molecule has 0 unspecified atom stereocenters. The fourth-order valence-electron chi connectivity index (χ4n) is 5.11. The van der Waals surface area contributed by atoms with Crippen molar-refractivity contribution in [2.45, 2.75) is 104 Å². The molecule has 2 aromatic carbocycles. The van der Waals surface area contributed by atoms with Crippen LogP contribution in [0.5, 0.6) is 5.75 Å². The van der Waals surface area contributed by atoms with Crippen LogP contribution in [0.2, 0.25) is 18.1 Å². The van der Waals surface area contributed by atoms with E-state index in [2.05, 4.69) is 57.2 Å². The SMILES string of the molecule is CC(C)Oc1ccc(CO)cc1Nc1nccc(-c2cc(C#N)c3c(c2)[C@@](C)(CO[Si](C)(C)C(C)(C)C)CN3C(=O)OC(C)(C)C)n1. The third-order valence-corrected chi connectivity index (χ3v) is 13.1. The van der Waals surface area contributed by atoms with Crippen LogP contribution in [0.4, 0.5) is 22.1 Å². The number of carbonyl (C=O) groups is 1. The summed E-state index contributed by atoms with van der Waals surface area (Å²) in [5.74, 6) is 0.930. The maximum absolute atomic E-state index is 13.6. The van der Waals surface area contributed by atoms with Gasteiger partial charge in [-0.05, 0) is 94.2 Å². The van der Waals surface area contributed by atoms with Crippen LogP contribution in [0.25, 0.3) is 11.3 Å².